The highest BCUT2D eigenvalue weighted by atomic mass is 16.4. The van der Waals surface area contributed by atoms with Crippen LogP contribution in [0.25, 0.3) is 0 Å². The second-order valence-electron chi connectivity index (χ2n) is 5.89. The number of benzene rings is 1. The number of fused-ring (bicyclic) bond motifs is 1. The third-order valence-electron chi connectivity index (χ3n) is 4.25. The van der Waals surface area contributed by atoms with E-state index in [0.29, 0.717) is 11.1 Å². The van der Waals surface area contributed by atoms with Crippen LogP contribution in [0.4, 0.5) is 17.3 Å². The predicted octanol–water partition coefficient (Wildman–Crippen LogP) is -0.953. The molecular weight excluding hydrogens is 347 g/mol. The number of anilines is 3. The molecule has 1 aromatic carbocycles. The number of aromatic nitrogens is 1. The lowest BCUT2D eigenvalue weighted by molar-refractivity contribution is 0.425. The highest BCUT2D eigenvalue weighted by Gasteiger charge is 2.31. The molecule has 3 rings (SSSR count). The molecule has 0 bridgehead atoms. The fourth-order valence-corrected chi connectivity index (χ4v) is 2.92. The van der Waals surface area contributed by atoms with Gasteiger partial charge in [-0.15, -0.1) is 0 Å². The van der Waals surface area contributed by atoms with Crippen LogP contribution in [0.15, 0.2) is 23.2 Å². The number of nitriles is 2. The first-order valence-corrected chi connectivity index (χ1v) is 7.82. The lowest BCUT2D eigenvalue weighted by Crippen LogP contribution is -2.34. The maximum absolute atomic E-state index is 9.50. The Morgan fingerprint density at radius 2 is 2.04 bits per heavy atom. The summed E-state index contributed by atoms with van der Waals surface area (Å²) in [6.07, 6.45) is 1.77. The summed E-state index contributed by atoms with van der Waals surface area (Å²) in [5.74, 6) is 0.339. The Kier molecular flexibility index (Phi) is 4.56. The van der Waals surface area contributed by atoms with Crippen molar-refractivity contribution in [2.75, 3.05) is 16.8 Å². The molecule has 1 aliphatic rings. The maximum atomic E-state index is 9.50. The summed E-state index contributed by atoms with van der Waals surface area (Å²) in [7, 11) is -1.66. The van der Waals surface area contributed by atoms with Gasteiger partial charge in [0.25, 0.3) is 0 Å². The fraction of sp³-hybridized carbons (Fsp3) is 0.125. The lowest BCUT2D eigenvalue weighted by Gasteiger charge is -2.27. The van der Waals surface area contributed by atoms with Crippen LogP contribution < -0.4 is 27.6 Å². The molecule has 1 unspecified atom stereocenters. The summed E-state index contributed by atoms with van der Waals surface area (Å²) >= 11 is 0. The molecule has 134 valence electrons. The van der Waals surface area contributed by atoms with Crippen LogP contribution in [0, 0.1) is 29.7 Å². The van der Waals surface area contributed by atoms with E-state index in [1.165, 1.54) is 0 Å². The average Bonchev–Trinajstić information content (AvgIpc) is 2.61. The molecule has 0 amide bonds. The maximum Gasteiger partial charge on any atom is 0.488 e. The molecule has 2 heterocycles. The number of rotatable bonds is 2. The van der Waals surface area contributed by atoms with Crippen LogP contribution in [0.5, 0.6) is 0 Å². The summed E-state index contributed by atoms with van der Waals surface area (Å²) < 4.78 is 0. The highest BCUT2D eigenvalue weighted by molar-refractivity contribution is 6.58. The van der Waals surface area contributed by atoms with Crippen molar-refractivity contribution < 1.29 is 10.0 Å². The van der Waals surface area contributed by atoms with Crippen LogP contribution in [-0.2, 0) is 0 Å². The monoisotopic (exact) mass is 362 g/mol. The number of nitrogens with zero attached hydrogens (tertiary/aromatic N) is 4. The molecule has 1 aromatic heterocycles. The van der Waals surface area contributed by atoms with Gasteiger partial charge < -0.3 is 26.8 Å². The molecular formula is C16H15BN8O2. The van der Waals surface area contributed by atoms with Gasteiger partial charge in [-0.1, -0.05) is 18.2 Å². The molecule has 27 heavy (non-hydrogen) atoms. The van der Waals surface area contributed by atoms with Gasteiger partial charge in [0.05, 0.1) is 5.69 Å². The molecule has 8 N–H and O–H groups in total. The van der Waals surface area contributed by atoms with Crippen LogP contribution in [0.3, 0.4) is 0 Å². The Balaban J connectivity index is 2.29. The number of aryl methyl sites for hydroxylation is 1. The first kappa shape index (κ1) is 18.0. The van der Waals surface area contributed by atoms with Crippen molar-refractivity contribution in [3.05, 3.63) is 40.5 Å². The lowest BCUT2D eigenvalue weighted by atomic mass is 9.77. The third kappa shape index (κ3) is 3.09. The first-order chi connectivity index (χ1) is 12.9. The summed E-state index contributed by atoms with van der Waals surface area (Å²) in [6, 6.07) is 6.06. The van der Waals surface area contributed by atoms with E-state index in [2.05, 4.69) is 20.6 Å². The van der Waals surface area contributed by atoms with E-state index in [1.54, 1.807) is 24.4 Å². The van der Waals surface area contributed by atoms with E-state index in [-0.39, 0.29) is 34.3 Å². The van der Waals surface area contributed by atoms with Gasteiger partial charge in [-0.3, -0.25) is 5.32 Å². The number of guanidine groups is 1. The van der Waals surface area contributed by atoms with Gasteiger partial charge in [0.1, 0.15) is 29.3 Å². The van der Waals surface area contributed by atoms with Gasteiger partial charge in [0, 0.05) is 5.56 Å². The molecule has 0 radical (unpaired) electrons. The number of nitrogens with one attached hydrogen (secondary N) is 2. The van der Waals surface area contributed by atoms with Gasteiger partial charge in [-0.05, 0) is 23.5 Å². The van der Waals surface area contributed by atoms with E-state index < -0.39 is 13.2 Å². The van der Waals surface area contributed by atoms with E-state index in [1.807, 2.05) is 13.0 Å². The van der Waals surface area contributed by atoms with Crippen molar-refractivity contribution in [3.8, 4) is 12.3 Å². The Bertz CT molecular complexity index is 1040. The predicted molar refractivity (Wildman–Crippen MR) is 100 cm³/mol. The summed E-state index contributed by atoms with van der Waals surface area (Å²) in [5.41, 5.74) is 14.2. The Hall–Kier alpha value is -3.80. The zero-order chi connectivity index (χ0) is 19.7. The highest BCUT2D eigenvalue weighted by Crippen LogP contribution is 2.41. The average molecular weight is 362 g/mol. The van der Waals surface area contributed by atoms with Crippen molar-refractivity contribution in [1.82, 2.24) is 10.3 Å². The van der Waals surface area contributed by atoms with Crippen molar-refractivity contribution in [3.63, 3.8) is 0 Å². The zero-order valence-corrected chi connectivity index (χ0v) is 14.2. The number of hydrogen-bond acceptors (Lipinski definition) is 10. The topological polar surface area (TPSA) is 189 Å². The van der Waals surface area contributed by atoms with E-state index >= 15 is 0 Å². The molecule has 1 aliphatic heterocycles. The number of hydrogen-bond donors (Lipinski definition) is 6. The Labute approximate surface area is 154 Å². The summed E-state index contributed by atoms with van der Waals surface area (Å²) in [4.78, 5) is 8.62. The normalized spacial score (nSPS) is 14.9. The second-order valence-corrected chi connectivity index (χ2v) is 5.89. The van der Waals surface area contributed by atoms with Gasteiger partial charge in [-0.25, -0.2) is 9.98 Å². The molecule has 0 saturated carbocycles. The van der Waals surface area contributed by atoms with Crippen molar-refractivity contribution in [2.45, 2.75) is 13.0 Å². The molecule has 0 saturated heterocycles. The van der Waals surface area contributed by atoms with E-state index in [4.69, 9.17) is 16.7 Å². The van der Waals surface area contributed by atoms with Crippen LogP contribution >= 0.6 is 0 Å². The summed E-state index contributed by atoms with van der Waals surface area (Å²) in [5, 5.41) is 42.5. The van der Waals surface area contributed by atoms with Crippen LogP contribution in [0.1, 0.15) is 28.3 Å². The molecule has 1 atom stereocenters. The van der Waals surface area contributed by atoms with E-state index in [9.17, 15) is 15.3 Å². The molecule has 2 aromatic rings. The molecule has 11 heteroatoms. The van der Waals surface area contributed by atoms with Gasteiger partial charge in [0.2, 0.25) is 5.96 Å². The number of pyridine rings is 1. The van der Waals surface area contributed by atoms with Crippen molar-refractivity contribution in [2.24, 2.45) is 4.99 Å². The SMILES string of the molecule is Cc1ccc(B(O)O)cc1C1N=C(NC#N)Nc2nc(N)c(C#N)c(N)c21. The quantitative estimate of drug-likeness (QED) is 0.222. The van der Waals surface area contributed by atoms with Gasteiger partial charge in [0.15, 0.2) is 6.19 Å². The Morgan fingerprint density at radius 3 is 2.67 bits per heavy atom. The molecule has 0 fully saturated rings. The van der Waals surface area contributed by atoms with Crippen LogP contribution in [0.2, 0.25) is 0 Å². The van der Waals surface area contributed by atoms with Crippen molar-refractivity contribution in [1.29, 1.82) is 10.5 Å². The van der Waals surface area contributed by atoms with Crippen molar-refractivity contribution >= 4 is 35.9 Å². The van der Waals surface area contributed by atoms with Gasteiger partial charge in [-0.2, -0.15) is 10.5 Å². The third-order valence-corrected chi connectivity index (χ3v) is 4.25. The van der Waals surface area contributed by atoms with E-state index in [0.717, 1.165) is 5.56 Å². The molecule has 10 nitrogen and oxygen atoms in total. The molecule has 0 aliphatic carbocycles. The standard InChI is InChI=1S/C16H15BN8O2/c1-7-2-3-8(17(26)27)4-9(7)13-11-12(20)10(5-18)14(21)24-15(11)25-16(23-13)22-6-19/h2-4,13,26-27H,1H3,(H6,20,21,22,23,24,25). The van der Waals surface area contributed by atoms with Gasteiger partial charge >= 0.3 is 7.12 Å². The fourth-order valence-electron chi connectivity index (χ4n) is 2.92. The minimum absolute atomic E-state index is 0.0310. The minimum Gasteiger partial charge on any atom is -0.423 e. The minimum atomic E-state index is -1.66. The largest absolute Gasteiger partial charge is 0.488 e. The number of nitrogens with two attached hydrogens (primary N) is 2. The number of aliphatic imine (C=N–C) groups is 1. The molecule has 0 spiro atoms. The first-order valence-electron chi connectivity index (χ1n) is 7.82. The smallest absolute Gasteiger partial charge is 0.423 e. The zero-order valence-electron chi connectivity index (χ0n) is 14.2. The van der Waals surface area contributed by atoms with Crippen LogP contribution in [-0.4, -0.2) is 28.1 Å². The number of nitrogen functional groups attached to an aromatic ring is 2. The Morgan fingerprint density at radius 1 is 1.30 bits per heavy atom. The summed E-state index contributed by atoms with van der Waals surface area (Å²) in [6.45, 7) is 1.82. The second kappa shape index (κ2) is 6.84.